The first-order valence-electron chi connectivity index (χ1n) is 6.42. The molecule has 0 aliphatic heterocycles. The van der Waals surface area contributed by atoms with E-state index in [9.17, 15) is 0 Å². The third kappa shape index (κ3) is 3.61. The Hall–Kier alpha value is -0.280. The van der Waals surface area contributed by atoms with Gasteiger partial charge in [-0.1, -0.05) is 42.3 Å². The molecule has 2 nitrogen and oxygen atoms in total. The zero-order valence-corrected chi connectivity index (χ0v) is 12.8. The minimum Gasteiger partial charge on any atom is -0.329 e. The lowest BCUT2D eigenvalue weighted by atomic mass is 10.0. The van der Waals surface area contributed by atoms with Crippen LogP contribution in [0.3, 0.4) is 0 Å². The quantitative estimate of drug-likeness (QED) is 0.853. The Bertz CT molecular complexity index is 380. The van der Waals surface area contributed by atoms with Gasteiger partial charge in [0.1, 0.15) is 0 Å². The van der Waals surface area contributed by atoms with Crippen LogP contribution < -0.4 is 5.73 Å². The van der Waals surface area contributed by atoms with Crippen LogP contribution in [-0.4, -0.2) is 24.0 Å². The molecule has 1 unspecified atom stereocenters. The first-order valence-corrected chi connectivity index (χ1v) is 7.18. The molecule has 1 aromatic rings. The van der Waals surface area contributed by atoms with Crippen LogP contribution >= 0.6 is 23.2 Å². The number of hydrogen-bond donors (Lipinski definition) is 1. The first-order chi connectivity index (χ1) is 8.52. The van der Waals surface area contributed by atoms with Gasteiger partial charge in [0.2, 0.25) is 0 Å². The Kier molecular flexibility index (Phi) is 6.44. The summed E-state index contributed by atoms with van der Waals surface area (Å²) in [5, 5.41) is 1.21. The normalized spacial score (nSPS) is 13.3. The van der Waals surface area contributed by atoms with Gasteiger partial charge < -0.3 is 5.73 Å². The summed E-state index contributed by atoms with van der Waals surface area (Å²) >= 11 is 12.4. The largest absolute Gasteiger partial charge is 0.329 e. The molecule has 1 atom stereocenters. The van der Waals surface area contributed by atoms with E-state index in [-0.39, 0.29) is 6.04 Å². The molecular weight excluding hydrogens is 267 g/mol. The predicted molar refractivity (Wildman–Crippen MR) is 80.4 cm³/mol. The Morgan fingerprint density at radius 3 is 2.44 bits per heavy atom. The van der Waals surface area contributed by atoms with E-state index < -0.39 is 0 Å². The molecule has 0 aliphatic rings. The highest BCUT2D eigenvalue weighted by Gasteiger charge is 2.23. The third-order valence-corrected chi connectivity index (χ3v) is 3.94. The fourth-order valence-electron chi connectivity index (χ4n) is 2.25. The van der Waals surface area contributed by atoms with E-state index >= 15 is 0 Å². The Balaban J connectivity index is 3.10. The van der Waals surface area contributed by atoms with Crippen LogP contribution in [0.2, 0.25) is 10.0 Å². The fraction of sp³-hybridized carbons (Fsp3) is 0.571. The summed E-state index contributed by atoms with van der Waals surface area (Å²) in [5.41, 5.74) is 6.97. The maximum atomic E-state index is 6.30. The van der Waals surface area contributed by atoms with Crippen LogP contribution in [0.25, 0.3) is 0 Å². The van der Waals surface area contributed by atoms with Gasteiger partial charge in [-0.2, -0.15) is 0 Å². The SMILES string of the molecule is CCCN(C(C)C)C(CN)c1cccc(Cl)c1Cl. The van der Waals surface area contributed by atoms with Gasteiger partial charge >= 0.3 is 0 Å². The predicted octanol–water partition coefficient (Wildman–Crippen LogP) is 4.11. The topological polar surface area (TPSA) is 29.3 Å². The average molecular weight is 289 g/mol. The molecule has 0 amide bonds. The van der Waals surface area contributed by atoms with Crippen LogP contribution in [0.4, 0.5) is 0 Å². The van der Waals surface area contributed by atoms with Crippen molar-refractivity contribution in [2.75, 3.05) is 13.1 Å². The monoisotopic (exact) mass is 288 g/mol. The molecular formula is C14H22Cl2N2. The highest BCUT2D eigenvalue weighted by Crippen LogP contribution is 2.33. The Labute approximate surface area is 120 Å². The highest BCUT2D eigenvalue weighted by atomic mass is 35.5. The van der Waals surface area contributed by atoms with Crippen LogP contribution in [0.5, 0.6) is 0 Å². The van der Waals surface area contributed by atoms with E-state index in [1.165, 1.54) is 0 Å². The minimum atomic E-state index is 0.121. The summed E-state index contributed by atoms with van der Waals surface area (Å²) in [5.74, 6) is 0. The second kappa shape index (κ2) is 7.34. The average Bonchev–Trinajstić information content (AvgIpc) is 2.33. The number of rotatable bonds is 6. The van der Waals surface area contributed by atoms with Crippen molar-refractivity contribution in [2.45, 2.75) is 39.3 Å². The van der Waals surface area contributed by atoms with E-state index in [4.69, 9.17) is 28.9 Å². The molecule has 18 heavy (non-hydrogen) atoms. The molecule has 0 saturated carbocycles. The number of hydrogen-bond acceptors (Lipinski definition) is 2. The van der Waals surface area contributed by atoms with Crippen molar-refractivity contribution in [3.63, 3.8) is 0 Å². The van der Waals surface area contributed by atoms with Crippen LogP contribution in [0, 0.1) is 0 Å². The molecule has 4 heteroatoms. The van der Waals surface area contributed by atoms with Crippen LogP contribution in [0.15, 0.2) is 18.2 Å². The lowest BCUT2D eigenvalue weighted by molar-refractivity contribution is 0.157. The van der Waals surface area contributed by atoms with Gasteiger partial charge in [-0.25, -0.2) is 0 Å². The molecule has 0 aromatic heterocycles. The maximum Gasteiger partial charge on any atom is 0.0640 e. The van der Waals surface area contributed by atoms with Crippen LogP contribution in [0.1, 0.15) is 38.8 Å². The van der Waals surface area contributed by atoms with Crippen molar-refractivity contribution in [1.29, 1.82) is 0 Å². The minimum absolute atomic E-state index is 0.121. The van der Waals surface area contributed by atoms with Crippen molar-refractivity contribution in [3.8, 4) is 0 Å². The van der Waals surface area contributed by atoms with Gasteiger partial charge in [0, 0.05) is 18.6 Å². The van der Waals surface area contributed by atoms with E-state index in [1.54, 1.807) is 6.07 Å². The Morgan fingerprint density at radius 1 is 1.28 bits per heavy atom. The van der Waals surface area contributed by atoms with Crippen LogP contribution in [-0.2, 0) is 0 Å². The van der Waals surface area contributed by atoms with Gasteiger partial charge in [-0.3, -0.25) is 4.90 Å². The zero-order chi connectivity index (χ0) is 13.7. The van der Waals surface area contributed by atoms with Gasteiger partial charge in [0.15, 0.2) is 0 Å². The number of nitrogens with two attached hydrogens (primary N) is 1. The van der Waals surface area contributed by atoms with Crippen molar-refractivity contribution >= 4 is 23.2 Å². The molecule has 0 spiro atoms. The maximum absolute atomic E-state index is 6.30. The van der Waals surface area contributed by atoms with Gasteiger partial charge in [0.05, 0.1) is 10.0 Å². The summed E-state index contributed by atoms with van der Waals surface area (Å²) in [4.78, 5) is 2.37. The van der Waals surface area contributed by atoms with Crippen molar-refractivity contribution in [3.05, 3.63) is 33.8 Å². The summed E-state index contributed by atoms with van der Waals surface area (Å²) < 4.78 is 0. The van der Waals surface area contributed by atoms with E-state index in [1.807, 2.05) is 12.1 Å². The molecule has 1 rings (SSSR count). The molecule has 0 aliphatic carbocycles. The lowest BCUT2D eigenvalue weighted by Crippen LogP contribution is -2.39. The lowest BCUT2D eigenvalue weighted by Gasteiger charge is -2.35. The van der Waals surface area contributed by atoms with Crippen molar-refractivity contribution in [2.24, 2.45) is 5.73 Å². The number of nitrogens with zero attached hydrogens (tertiary/aromatic N) is 1. The van der Waals surface area contributed by atoms with Crippen molar-refractivity contribution in [1.82, 2.24) is 4.90 Å². The van der Waals surface area contributed by atoms with E-state index in [0.717, 1.165) is 18.5 Å². The van der Waals surface area contributed by atoms with E-state index in [0.29, 0.717) is 22.6 Å². The molecule has 0 radical (unpaired) electrons. The smallest absolute Gasteiger partial charge is 0.0640 e. The Morgan fingerprint density at radius 2 is 1.94 bits per heavy atom. The summed E-state index contributed by atoms with van der Waals surface area (Å²) in [6.07, 6.45) is 1.09. The second-order valence-corrected chi connectivity index (χ2v) is 5.51. The van der Waals surface area contributed by atoms with Gasteiger partial charge in [-0.15, -0.1) is 0 Å². The zero-order valence-electron chi connectivity index (χ0n) is 11.3. The molecule has 0 heterocycles. The van der Waals surface area contributed by atoms with Gasteiger partial charge in [0.25, 0.3) is 0 Å². The summed E-state index contributed by atoms with van der Waals surface area (Å²) in [6.45, 7) is 8.07. The molecule has 102 valence electrons. The standard InChI is InChI=1S/C14H22Cl2N2/c1-4-8-18(10(2)3)13(9-17)11-6-5-7-12(15)14(11)16/h5-7,10,13H,4,8-9,17H2,1-3H3. The van der Waals surface area contributed by atoms with Crippen molar-refractivity contribution < 1.29 is 0 Å². The number of benzene rings is 1. The molecule has 0 saturated heterocycles. The van der Waals surface area contributed by atoms with Gasteiger partial charge in [-0.05, 0) is 38.4 Å². The summed E-state index contributed by atoms with van der Waals surface area (Å²) in [7, 11) is 0. The van der Waals surface area contributed by atoms with E-state index in [2.05, 4.69) is 25.7 Å². The second-order valence-electron chi connectivity index (χ2n) is 4.73. The highest BCUT2D eigenvalue weighted by molar-refractivity contribution is 6.42. The molecule has 0 bridgehead atoms. The molecule has 0 fully saturated rings. The summed E-state index contributed by atoms with van der Waals surface area (Å²) in [6, 6.07) is 6.29. The fourth-order valence-corrected chi connectivity index (χ4v) is 2.68. The molecule has 2 N–H and O–H groups in total. The molecule has 1 aromatic carbocycles. The first kappa shape index (κ1) is 15.8. The number of halogens is 2. The third-order valence-electron chi connectivity index (χ3n) is 3.11.